The minimum Gasteiger partial charge on any atom is -0.334 e. The summed E-state index contributed by atoms with van der Waals surface area (Å²) in [4.78, 5) is 18.8. The number of nitrogens with one attached hydrogen (secondary N) is 1. The highest BCUT2D eigenvalue weighted by atomic mass is 16.5. The number of fused-ring (bicyclic) bond motifs is 1. The number of rotatable bonds is 1. The Labute approximate surface area is 102 Å². The van der Waals surface area contributed by atoms with Crippen LogP contribution in [0, 0.1) is 13.8 Å². The average molecular weight is 241 g/mol. The minimum atomic E-state index is -0.227. The van der Waals surface area contributed by atoms with Crippen molar-refractivity contribution in [3.05, 3.63) is 46.0 Å². The van der Waals surface area contributed by atoms with Crippen molar-refractivity contribution in [3.8, 4) is 11.5 Å². The molecule has 5 nitrogen and oxygen atoms in total. The lowest BCUT2D eigenvalue weighted by atomic mass is 10.1. The molecule has 0 spiro atoms. The van der Waals surface area contributed by atoms with Crippen LogP contribution in [0.2, 0.25) is 0 Å². The molecule has 0 unspecified atom stereocenters. The molecule has 0 radical (unpaired) electrons. The molecule has 0 amide bonds. The monoisotopic (exact) mass is 241 g/mol. The zero-order valence-corrected chi connectivity index (χ0v) is 10.0. The van der Waals surface area contributed by atoms with Crippen molar-refractivity contribution >= 4 is 10.9 Å². The molecule has 0 saturated carbocycles. The van der Waals surface area contributed by atoms with E-state index in [0.29, 0.717) is 11.4 Å². The second-order valence-electron chi connectivity index (χ2n) is 4.25. The third-order valence-corrected chi connectivity index (χ3v) is 2.76. The van der Waals surface area contributed by atoms with Gasteiger partial charge in [0, 0.05) is 5.52 Å². The number of nitrogens with zero attached hydrogens (tertiary/aromatic N) is 2. The second kappa shape index (κ2) is 3.80. The average Bonchev–Trinajstić information content (AvgIpc) is 2.75. The first-order valence-electron chi connectivity index (χ1n) is 5.58. The first-order chi connectivity index (χ1) is 8.63. The van der Waals surface area contributed by atoms with Crippen LogP contribution in [0.5, 0.6) is 0 Å². The summed E-state index contributed by atoms with van der Waals surface area (Å²) < 4.78 is 5.03. The first-order valence-corrected chi connectivity index (χ1v) is 5.58. The maximum Gasteiger partial charge on any atom is 0.263 e. The molecule has 3 aromatic rings. The largest absolute Gasteiger partial charge is 0.334 e. The van der Waals surface area contributed by atoms with Crippen molar-refractivity contribution in [3.63, 3.8) is 0 Å². The topological polar surface area (TPSA) is 71.8 Å². The van der Waals surface area contributed by atoms with Crippen LogP contribution in [0.15, 0.2) is 33.6 Å². The zero-order valence-electron chi connectivity index (χ0n) is 10.0. The third-order valence-electron chi connectivity index (χ3n) is 2.76. The van der Waals surface area contributed by atoms with E-state index in [4.69, 9.17) is 4.52 Å². The summed E-state index contributed by atoms with van der Waals surface area (Å²) in [5.41, 5.74) is 2.09. The van der Waals surface area contributed by atoms with Gasteiger partial charge in [0.25, 0.3) is 11.4 Å². The Hall–Kier alpha value is -2.43. The van der Waals surface area contributed by atoms with Crippen LogP contribution in [-0.2, 0) is 0 Å². The molecule has 0 aliphatic heterocycles. The van der Waals surface area contributed by atoms with Gasteiger partial charge in [0.05, 0.1) is 0 Å². The van der Waals surface area contributed by atoms with Crippen molar-refractivity contribution < 1.29 is 4.52 Å². The summed E-state index contributed by atoms with van der Waals surface area (Å²) >= 11 is 0. The lowest BCUT2D eigenvalue weighted by molar-refractivity contribution is 0.425. The van der Waals surface area contributed by atoms with Gasteiger partial charge in [-0.05, 0) is 37.4 Å². The van der Waals surface area contributed by atoms with E-state index in [1.54, 1.807) is 13.0 Å². The predicted molar refractivity (Wildman–Crippen MR) is 67.3 cm³/mol. The number of hydrogen-bond acceptors (Lipinski definition) is 4. The van der Waals surface area contributed by atoms with Crippen molar-refractivity contribution in [2.24, 2.45) is 0 Å². The number of pyridine rings is 1. The van der Waals surface area contributed by atoms with Gasteiger partial charge in [-0.25, -0.2) is 0 Å². The van der Waals surface area contributed by atoms with Gasteiger partial charge in [-0.15, -0.1) is 0 Å². The van der Waals surface area contributed by atoms with Crippen molar-refractivity contribution in [2.75, 3.05) is 0 Å². The van der Waals surface area contributed by atoms with E-state index in [1.165, 1.54) is 0 Å². The van der Waals surface area contributed by atoms with Gasteiger partial charge in [0.15, 0.2) is 5.82 Å². The highest BCUT2D eigenvalue weighted by molar-refractivity contribution is 5.82. The first kappa shape index (κ1) is 10.7. The van der Waals surface area contributed by atoms with Crippen molar-refractivity contribution in [2.45, 2.75) is 13.8 Å². The zero-order chi connectivity index (χ0) is 12.7. The Balaban J connectivity index is 2.29. The number of aromatic nitrogens is 3. The van der Waals surface area contributed by atoms with E-state index in [2.05, 4.69) is 15.1 Å². The van der Waals surface area contributed by atoms with Crippen LogP contribution in [0.3, 0.4) is 0 Å². The normalized spacial score (nSPS) is 11.0. The summed E-state index contributed by atoms with van der Waals surface area (Å²) in [5.74, 6) is 0.755. The molecule has 0 aliphatic rings. The lowest BCUT2D eigenvalue weighted by Crippen LogP contribution is -2.08. The van der Waals surface area contributed by atoms with Gasteiger partial charge >= 0.3 is 0 Å². The predicted octanol–water partition coefficient (Wildman–Crippen LogP) is 2.19. The van der Waals surface area contributed by atoms with Gasteiger partial charge < -0.3 is 9.51 Å². The molecule has 5 heteroatoms. The fourth-order valence-corrected chi connectivity index (χ4v) is 1.89. The molecule has 0 fully saturated rings. The summed E-state index contributed by atoms with van der Waals surface area (Å²) in [5, 5.41) is 4.64. The lowest BCUT2D eigenvalue weighted by Gasteiger charge is -2.01. The SMILES string of the molecule is Cc1ccc2[nH]c(=O)c(-c3nc(C)no3)cc2c1. The van der Waals surface area contributed by atoms with E-state index in [0.717, 1.165) is 16.5 Å². The van der Waals surface area contributed by atoms with Gasteiger partial charge in [0.2, 0.25) is 0 Å². The molecular formula is C13H11N3O2. The van der Waals surface area contributed by atoms with Crippen LogP contribution >= 0.6 is 0 Å². The highest BCUT2D eigenvalue weighted by Gasteiger charge is 2.11. The van der Waals surface area contributed by atoms with Crippen molar-refractivity contribution in [1.29, 1.82) is 0 Å². The summed E-state index contributed by atoms with van der Waals surface area (Å²) in [6.45, 7) is 3.72. The maximum absolute atomic E-state index is 11.9. The second-order valence-corrected chi connectivity index (χ2v) is 4.25. The number of aromatic amines is 1. The fourth-order valence-electron chi connectivity index (χ4n) is 1.89. The van der Waals surface area contributed by atoms with E-state index in [-0.39, 0.29) is 11.4 Å². The van der Waals surface area contributed by atoms with E-state index < -0.39 is 0 Å². The Morgan fingerprint density at radius 1 is 1.22 bits per heavy atom. The van der Waals surface area contributed by atoms with Crippen LogP contribution < -0.4 is 5.56 Å². The molecule has 1 N–H and O–H groups in total. The minimum absolute atomic E-state index is 0.227. The Morgan fingerprint density at radius 3 is 2.78 bits per heavy atom. The molecular weight excluding hydrogens is 230 g/mol. The molecule has 90 valence electrons. The Bertz CT molecular complexity index is 786. The Kier molecular flexibility index (Phi) is 2.26. The number of benzene rings is 1. The van der Waals surface area contributed by atoms with Crippen molar-refractivity contribution in [1.82, 2.24) is 15.1 Å². The summed E-state index contributed by atoms with van der Waals surface area (Å²) in [6, 6.07) is 7.61. The molecule has 1 aromatic carbocycles. The van der Waals surface area contributed by atoms with Crippen LogP contribution in [0.4, 0.5) is 0 Å². The van der Waals surface area contributed by atoms with Gasteiger partial charge in [-0.2, -0.15) is 4.98 Å². The number of H-pyrrole nitrogens is 1. The van der Waals surface area contributed by atoms with Gasteiger partial charge in [0.1, 0.15) is 5.56 Å². The third kappa shape index (κ3) is 1.69. The van der Waals surface area contributed by atoms with Crippen LogP contribution in [0.1, 0.15) is 11.4 Å². The highest BCUT2D eigenvalue weighted by Crippen LogP contribution is 2.18. The maximum atomic E-state index is 11.9. The fraction of sp³-hybridized carbons (Fsp3) is 0.154. The molecule has 2 heterocycles. The molecule has 2 aromatic heterocycles. The molecule has 0 bridgehead atoms. The number of hydrogen-bond donors (Lipinski definition) is 1. The summed E-state index contributed by atoms with van der Waals surface area (Å²) in [7, 11) is 0. The standard InChI is InChI=1S/C13H11N3O2/c1-7-3-4-11-9(5-7)6-10(12(17)15-11)13-14-8(2)16-18-13/h3-6H,1-2H3,(H,15,17). The molecule has 0 aliphatic carbocycles. The van der Waals surface area contributed by atoms with Crippen LogP contribution in [-0.4, -0.2) is 15.1 Å². The number of aryl methyl sites for hydroxylation is 2. The summed E-state index contributed by atoms with van der Waals surface area (Å²) in [6.07, 6.45) is 0. The van der Waals surface area contributed by atoms with Crippen LogP contribution in [0.25, 0.3) is 22.4 Å². The van der Waals surface area contributed by atoms with E-state index in [1.807, 2.05) is 25.1 Å². The van der Waals surface area contributed by atoms with E-state index >= 15 is 0 Å². The molecule has 0 saturated heterocycles. The molecule has 3 rings (SSSR count). The van der Waals surface area contributed by atoms with E-state index in [9.17, 15) is 4.79 Å². The van der Waals surface area contributed by atoms with Gasteiger partial charge in [-0.1, -0.05) is 16.8 Å². The van der Waals surface area contributed by atoms with Gasteiger partial charge in [-0.3, -0.25) is 4.79 Å². The molecule has 0 atom stereocenters. The molecule has 18 heavy (non-hydrogen) atoms. The quantitative estimate of drug-likeness (QED) is 0.708. The Morgan fingerprint density at radius 2 is 2.06 bits per heavy atom. The smallest absolute Gasteiger partial charge is 0.263 e.